The van der Waals surface area contributed by atoms with Crippen LogP contribution in [0.25, 0.3) is 0 Å². The van der Waals surface area contributed by atoms with Crippen LogP contribution in [0, 0.1) is 5.92 Å². The molecule has 1 rings (SSSR count). The van der Waals surface area contributed by atoms with Crippen LogP contribution in [0.15, 0.2) is 24.3 Å². The van der Waals surface area contributed by atoms with E-state index in [-0.39, 0.29) is 0 Å². The van der Waals surface area contributed by atoms with Gasteiger partial charge in [-0.25, -0.2) is 0 Å². The Morgan fingerprint density at radius 1 is 1.32 bits per heavy atom. The number of hydrogen-bond donors (Lipinski definition) is 1. The van der Waals surface area contributed by atoms with Gasteiger partial charge in [-0.1, -0.05) is 26.1 Å². The van der Waals surface area contributed by atoms with Crippen molar-refractivity contribution < 1.29 is 4.74 Å². The van der Waals surface area contributed by atoms with E-state index in [1.54, 1.807) is 0 Å². The van der Waals surface area contributed by atoms with Crippen LogP contribution < -0.4 is 10.5 Å². The molecule has 106 valence electrons. The Morgan fingerprint density at radius 3 is 2.47 bits per heavy atom. The third-order valence-corrected chi connectivity index (χ3v) is 3.00. The molecule has 4 heteroatoms. The SMILES string of the molecule is CC(C)CN(C)CCCOc1ccc(C(N)=S)cc1. The first-order chi connectivity index (χ1) is 8.99. The Kier molecular flexibility index (Phi) is 6.81. The van der Waals surface area contributed by atoms with Gasteiger partial charge < -0.3 is 15.4 Å². The standard InChI is InChI=1S/C15H24N2OS/c1-12(2)11-17(3)9-4-10-18-14-7-5-13(6-8-14)15(16)19/h5-8,12H,4,9-11H2,1-3H3,(H2,16,19). The largest absolute Gasteiger partial charge is 0.494 e. The van der Waals surface area contributed by atoms with Gasteiger partial charge in [0.1, 0.15) is 10.7 Å². The Labute approximate surface area is 121 Å². The minimum atomic E-state index is 0.418. The van der Waals surface area contributed by atoms with E-state index >= 15 is 0 Å². The second-order valence-electron chi connectivity index (χ2n) is 5.25. The number of nitrogens with zero attached hydrogens (tertiary/aromatic N) is 1. The first-order valence-corrected chi connectivity index (χ1v) is 7.11. The van der Waals surface area contributed by atoms with Gasteiger partial charge in [-0.3, -0.25) is 0 Å². The Morgan fingerprint density at radius 2 is 1.95 bits per heavy atom. The van der Waals surface area contributed by atoms with Crippen LogP contribution in [-0.4, -0.2) is 36.6 Å². The number of nitrogens with two attached hydrogens (primary N) is 1. The molecule has 0 aliphatic carbocycles. The average molecular weight is 280 g/mol. The molecule has 3 nitrogen and oxygen atoms in total. The highest BCUT2D eigenvalue weighted by Crippen LogP contribution is 2.12. The van der Waals surface area contributed by atoms with Crippen LogP contribution in [0.4, 0.5) is 0 Å². The summed E-state index contributed by atoms with van der Waals surface area (Å²) in [5.74, 6) is 1.57. The summed E-state index contributed by atoms with van der Waals surface area (Å²) in [5, 5.41) is 0. The molecule has 0 heterocycles. The zero-order valence-corrected chi connectivity index (χ0v) is 12.9. The Hall–Kier alpha value is -1.13. The molecular weight excluding hydrogens is 256 g/mol. The molecule has 0 aromatic heterocycles. The second-order valence-corrected chi connectivity index (χ2v) is 5.69. The van der Waals surface area contributed by atoms with Crippen LogP contribution >= 0.6 is 12.2 Å². The minimum absolute atomic E-state index is 0.418. The van der Waals surface area contributed by atoms with E-state index < -0.39 is 0 Å². The fourth-order valence-electron chi connectivity index (χ4n) is 1.95. The lowest BCUT2D eigenvalue weighted by atomic mass is 10.2. The third kappa shape index (κ3) is 6.55. The molecular formula is C15H24N2OS. The monoisotopic (exact) mass is 280 g/mol. The van der Waals surface area contributed by atoms with Crippen molar-refractivity contribution in [1.29, 1.82) is 0 Å². The maximum atomic E-state index is 5.69. The van der Waals surface area contributed by atoms with Gasteiger partial charge in [0.25, 0.3) is 0 Å². The van der Waals surface area contributed by atoms with Crippen molar-refractivity contribution in [3.63, 3.8) is 0 Å². The van der Waals surface area contributed by atoms with Gasteiger partial charge in [-0.2, -0.15) is 0 Å². The fraction of sp³-hybridized carbons (Fsp3) is 0.533. The summed E-state index contributed by atoms with van der Waals surface area (Å²) in [5.41, 5.74) is 6.42. The van der Waals surface area contributed by atoms with Gasteiger partial charge in [0.05, 0.1) is 6.61 Å². The normalized spacial score (nSPS) is 11.0. The number of thiocarbonyl (C=S) groups is 1. The predicted molar refractivity (Wildman–Crippen MR) is 84.8 cm³/mol. The van der Waals surface area contributed by atoms with Gasteiger partial charge in [-0.05, 0) is 43.7 Å². The quantitative estimate of drug-likeness (QED) is 0.587. The third-order valence-electron chi connectivity index (χ3n) is 2.77. The van der Waals surface area contributed by atoms with Crippen molar-refractivity contribution in [2.24, 2.45) is 11.7 Å². The summed E-state index contributed by atoms with van der Waals surface area (Å²) in [4.78, 5) is 2.76. The van der Waals surface area contributed by atoms with Crippen molar-refractivity contribution >= 4 is 17.2 Å². The van der Waals surface area contributed by atoms with Crippen LogP contribution in [-0.2, 0) is 0 Å². The lowest BCUT2D eigenvalue weighted by molar-refractivity contribution is 0.248. The Bertz CT molecular complexity index is 390. The van der Waals surface area contributed by atoms with Crippen LogP contribution in [0.5, 0.6) is 5.75 Å². The molecule has 1 aromatic carbocycles. The highest BCUT2D eigenvalue weighted by Gasteiger charge is 2.02. The van der Waals surface area contributed by atoms with E-state index in [0.717, 1.165) is 37.4 Å². The number of ether oxygens (including phenoxy) is 1. The van der Waals surface area contributed by atoms with E-state index in [1.807, 2.05) is 24.3 Å². The molecule has 0 spiro atoms. The molecule has 0 amide bonds. The molecule has 0 aliphatic rings. The first kappa shape index (κ1) is 15.9. The average Bonchev–Trinajstić information content (AvgIpc) is 2.34. The smallest absolute Gasteiger partial charge is 0.119 e. The van der Waals surface area contributed by atoms with Crippen LogP contribution in [0.3, 0.4) is 0 Å². The lowest BCUT2D eigenvalue weighted by Gasteiger charge is -2.18. The van der Waals surface area contributed by atoms with Gasteiger partial charge >= 0.3 is 0 Å². The molecule has 1 aromatic rings. The second kappa shape index (κ2) is 8.12. The van der Waals surface area contributed by atoms with Crippen molar-refractivity contribution in [2.45, 2.75) is 20.3 Å². The van der Waals surface area contributed by atoms with Gasteiger partial charge in [-0.15, -0.1) is 0 Å². The molecule has 0 bridgehead atoms. The summed E-state index contributed by atoms with van der Waals surface area (Å²) in [6, 6.07) is 7.60. The molecule has 0 aliphatic heterocycles. The molecule has 0 radical (unpaired) electrons. The van der Waals surface area contributed by atoms with Gasteiger partial charge in [0.15, 0.2) is 0 Å². The summed E-state index contributed by atoms with van der Waals surface area (Å²) in [6.07, 6.45) is 1.03. The first-order valence-electron chi connectivity index (χ1n) is 6.70. The number of hydrogen-bond acceptors (Lipinski definition) is 3. The summed E-state index contributed by atoms with van der Waals surface area (Å²) < 4.78 is 5.69. The molecule has 0 atom stereocenters. The molecule has 0 saturated carbocycles. The van der Waals surface area contributed by atoms with E-state index in [2.05, 4.69) is 25.8 Å². The fourth-order valence-corrected chi connectivity index (χ4v) is 2.09. The Balaban J connectivity index is 2.24. The van der Waals surface area contributed by atoms with Crippen molar-refractivity contribution in [3.8, 4) is 5.75 Å². The topological polar surface area (TPSA) is 38.5 Å². The van der Waals surface area contributed by atoms with E-state index in [1.165, 1.54) is 0 Å². The maximum absolute atomic E-state index is 5.69. The predicted octanol–water partition coefficient (Wildman–Crippen LogP) is 2.68. The summed E-state index contributed by atoms with van der Waals surface area (Å²) in [7, 11) is 2.15. The highest BCUT2D eigenvalue weighted by molar-refractivity contribution is 7.80. The molecule has 19 heavy (non-hydrogen) atoms. The minimum Gasteiger partial charge on any atom is -0.494 e. The summed E-state index contributed by atoms with van der Waals surface area (Å²) in [6.45, 7) is 7.38. The summed E-state index contributed by atoms with van der Waals surface area (Å²) >= 11 is 4.91. The van der Waals surface area contributed by atoms with Crippen LogP contribution in [0.2, 0.25) is 0 Å². The zero-order valence-electron chi connectivity index (χ0n) is 12.1. The molecule has 0 unspecified atom stereocenters. The number of benzene rings is 1. The van der Waals surface area contributed by atoms with Crippen LogP contribution in [0.1, 0.15) is 25.8 Å². The van der Waals surface area contributed by atoms with Gasteiger partial charge in [0.2, 0.25) is 0 Å². The van der Waals surface area contributed by atoms with E-state index in [9.17, 15) is 0 Å². The molecule has 0 fully saturated rings. The zero-order chi connectivity index (χ0) is 14.3. The van der Waals surface area contributed by atoms with E-state index in [4.69, 9.17) is 22.7 Å². The van der Waals surface area contributed by atoms with Gasteiger partial charge in [0, 0.05) is 18.7 Å². The van der Waals surface area contributed by atoms with Crippen molar-refractivity contribution in [3.05, 3.63) is 29.8 Å². The lowest BCUT2D eigenvalue weighted by Crippen LogP contribution is -2.25. The maximum Gasteiger partial charge on any atom is 0.119 e. The molecule has 2 N–H and O–H groups in total. The number of rotatable bonds is 8. The molecule has 0 saturated heterocycles. The highest BCUT2D eigenvalue weighted by atomic mass is 32.1. The van der Waals surface area contributed by atoms with Crippen molar-refractivity contribution in [2.75, 3.05) is 26.7 Å². The van der Waals surface area contributed by atoms with Crippen molar-refractivity contribution in [1.82, 2.24) is 4.90 Å². The van der Waals surface area contributed by atoms with E-state index in [0.29, 0.717) is 10.9 Å².